The van der Waals surface area contributed by atoms with E-state index in [4.69, 9.17) is 0 Å². The van der Waals surface area contributed by atoms with E-state index in [1.54, 1.807) is 0 Å². The Hall–Kier alpha value is -0.610. The van der Waals surface area contributed by atoms with Crippen molar-refractivity contribution < 1.29 is 10.0 Å². The van der Waals surface area contributed by atoms with Crippen molar-refractivity contribution in [3.63, 3.8) is 0 Å². The quantitative estimate of drug-likeness (QED) is 0.825. The molecule has 4 nitrogen and oxygen atoms in total. The van der Waals surface area contributed by atoms with E-state index < -0.39 is 11.1 Å². The molecule has 1 aliphatic heterocycles. The first-order chi connectivity index (χ1) is 7.94. The van der Waals surface area contributed by atoms with E-state index in [1.807, 2.05) is 32.6 Å². The molecule has 1 N–H and O–H groups in total. The largest absolute Gasteiger partial charge is 0.339 e. The van der Waals surface area contributed by atoms with Crippen LogP contribution in [0.3, 0.4) is 0 Å². The third kappa shape index (κ3) is 2.69. The lowest BCUT2D eigenvalue weighted by Gasteiger charge is -2.53. The fraction of sp³-hybridized carbons (Fsp3) is 0.929. The fourth-order valence-electron chi connectivity index (χ4n) is 2.71. The van der Waals surface area contributed by atoms with Crippen LogP contribution in [0.25, 0.3) is 0 Å². The lowest BCUT2D eigenvalue weighted by molar-refractivity contribution is -0.253. The highest BCUT2D eigenvalue weighted by atomic mass is 16.5. The molecule has 0 aliphatic carbocycles. The molecule has 1 unspecified atom stereocenters. The van der Waals surface area contributed by atoms with Gasteiger partial charge in [-0.1, -0.05) is 27.7 Å². The molecular weight excluding hydrogens is 228 g/mol. The molecule has 0 aromatic carbocycles. The first-order valence-electron chi connectivity index (χ1n) is 6.73. The Morgan fingerprint density at radius 3 is 2.17 bits per heavy atom. The smallest absolute Gasteiger partial charge is 0.245 e. The zero-order valence-corrected chi connectivity index (χ0v) is 12.9. The summed E-state index contributed by atoms with van der Waals surface area (Å²) in [5.74, 6) is 0.0294. The second-order valence-corrected chi connectivity index (χ2v) is 7.47. The minimum atomic E-state index is -0.812. The number of hydrogen-bond acceptors (Lipinski definition) is 3. The number of hydroxylamine groups is 2. The maximum Gasteiger partial charge on any atom is 0.245 e. The lowest BCUT2D eigenvalue weighted by Crippen LogP contribution is -2.71. The number of carbonyl (C=O) groups excluding carboxylic acids is 1. The van der Waals surface area contributed by atoms with Crippen molar-refractivity contribution in [1.82, 2.24) is 9.96 Å². The molecule has 0 aromatic heterocycles. The average molecular weight is 256 g/mol. The van der Waals surface area contributed by atoms with Crippen LogP contribution < -0.4 is 0 Å². The summed E-state index contributed by atoms with van der Waals surface area (Å²) < 4.78 is 0. The van der Waals surface area contributed by atoms with Crippen molar-refractivity contribution in [2.24, 2.45) is 5.41 Å². The molecule has 1 amide bonds. The van der Waals surface area contributed by atoms with Crippen LogP contribution >= 0.6 is 0 Å². The molecule has 1 rings (SSSR count). The number of rotatable bonds is 2. The van der Waals surface area contributed by atoms with Gasteiger partial charge in [0.05, 0.1) is 5.54 Å². The lowest BCUT2D eigenvalue weighted by atomic mass is 9.84. The molecule has 0 spiro atoms. The summed E-state index contributed by atoms with van der Waals surface area (Å²) in [6.07, 6.45) is 0.604. The van der Waals surface area contributed by atoms with Crippen molar-refractivity contribution in [1.29, 1.82) is 0 Å². The SMILES string of the molecule is CCC1(C)C(=O)N(CC(C)(C)C)CC(C)(C)N1O. The Morgan fingerprint density at radius 1 is 1.28 bits per heavy atom. The third-order valence-corrected chi connectivity index (χ3v) is 3.72. The van der Waals surface area contributed by atoms with Gasteiger partial charge in [0.25, 0.3) is 0 Å². The van der Waals surface area contributed by atoms with E-state index >= 15 is 0 Å². The first-order valence-corrected chi connectivity index (χ1v) is 6.73. The number of carbonyl (C=O) groups is 1. The zero-order chi connectivity index (χ0) is 14.4. The van der Waals surface area contributed by atoms with E-state index in [9.17, 15) is 10.0 Å². The summed E-state index contributed by atoms with van der Waals surface area (Å²) in [7, 11) is 0. The van der Waals surface area contributed by atoms with E-state index in [1.165, 1.54) is 5.06 Å². The van der Waals surface area contributed by atoms with Gasteiger partial charge >= 0.3 is 0 Å². The molecule has 0 saturated carbocycles. The predicted molar refractivity (Wildman–Crippen MR) is 72.4 cm³/mol. The summed E-state index contributed by atoms with van der Waals surface area (Å²) in [6, 6.07) is 0. The zero-order valence-electron chi connectivity index (χ0n) is 12.9. The van der Waals surface area contributed by atoms with Crippen LogP contribution in [-0.2, 0) is 4.79 Å². The number of piperazine rings is 1. The maximum absolute atomic E-state index is 12.6. The van der Waals surface area contributed by atoms with Gasteiger partial charge in [-0.2, -0.15) is 5.06 Å². The van der Waals surface area contributed by atoms with Crippen molar-refractivity contribution in [2.45, 2.75) is 66.0 Å². The fourth-order valence-corrected chi connectivity index (χ4v) is 2.71. The molecule has 0 aromatic rings. The van der Waals surface area contributed by atoms with Crippen LogP contribution in [-0.4, -0.2) is 45.2 Å². The van der Waals surface area contributed by atoms with Crippen LogP contribution in [0.1, 0.15) is 54.9 Å². The van der Waals surface area contributed by atoms with E-state index in [2.05, 4.69) is 20.8 Å². The Labute approximate surface area is 111 Å². The standard InChI is InChI=1S/C14H28N2O2/c1-8-14(7)11(17)15(9-12(2,3)4)10-13(5,6)16(14)18/h18H,8-10H2,1-7H3. The second-order valence-electron chi connectivity index (χ2n) is 7.47. The van der Waals surface area contributed by atoms with E-state index in [0.29, 0.717) is 13.0 Å². The van der Waals surface area contributed by atoms with Gasteiger partial charge in [-0.05, 0) is 32.6 Å². The molecule has 1 aliphatic rings. The predicted octanol–water partition coefficient (Wildman–Crippen LogP) is 2.51. The third-order valence-electron chi connectivity index (χ3n) is 3.72. The van der Waals surface area contributed by atoms with E-state index in [-0.39, 0.29) is 11.3 Å². The molecule has 0 bridgehead atoms. The van der Waals surface area contributed by atoms with Gasteiger partial charge in [-0.3, -0.25) is 4.79 Å². The first kappa shape index (κ1) is 15.4. The summed E-state index contributed by atoms with van der Waals surface area (Å²) >= 11 is 0. The summed E-state index contributed by atoms with van der Waals surface area (Å²) in [5.41, 5.74) is -1.16. The van der Waals surface area contributed by atoms with Gasteiger partial charge in [0, 0.05) is 13.1 Å². The number of amides is 1. The van der Waals surface area contributed by atoms with Gasteiger partial charge in [0.15, 0.2) is 0 Å². The highest BCUT2D eigenvalue weighted by molar-refractivity contribution is 5.87. The van der Waals surface area contributed by atoms with Crippen LogP contribution in [0, 0.1) is 5.41 Å². The van der Waals surface area contributed by atoms with Crippen LogP contribution in [0.5, 0.6) is 0 Å². The highest BCUT2D eigenvalue weighted by Crippen LogP contribution is 2.35. The molecule has 1 saturated heterocycles. The van der Waals surface area contributed by atoms with Gasteiger partial charge in [-0.15, -0.1) is 0 Å². The van der Waals surface area contributed by atoms with Crippen molar-refractivity contribution >= 4 is 5.91 Å². The number of hydrogen-bond donors (Lipinski definition) is 1. The van der Waals surface area contributed by atoms with Crippen LogP contribution in [0.15, 0.2) is 0 Å². The van der Waals surface area contributed by atoms with Gasteiger partial charge in [0.1, 0.15) is 5.54 Å². The minimum absolute atomic E-state index is 0.0294. The van der Waals surface area contributed by atoms with Crippen LogP contribution in [0.2, 0.25) is 0 Å². The molecule has 18 heavy (non-hydrogen) atoms. The Balaban J connectivity index is 3.07. The van der Waals surface area contributed by atoms with Gasteiger partial charge in [0.2, 0.25) is 5.91 Å². The topological polar surface area (TPSA) is 43.8 Å². The van der Waals surface area contributed by atoms with Crippen molar-refractivity contribution in [2.75, 3.05) is 13.1 Å². The molecule has 106 valence electrons. The molecule has 1 fully saturated rings. The van der Waals surface area contributed by atoms with Crippen molar-refractivity contribution in [3.8, 4) is 0 Å². The van der Waals surface area contributed by atoms with E-state index in [0.717, 1.165) is 6.54 Å². The molecular formula is C14H28N2O2. The average Bonchev–Trinajstić information content (AvgIpc) is 2.21. The monoisotopic (exact) mass is 256 g/mol. The number of nitrogens with zero attached hydrogens (tertiary/aromatic N) is 2. The highest BCUT2D eigenvalue weighted by Gasteiger charge is 2.52. The summed E-state index contributed by atoms with van der Waals surface area (Å²) in [5, 5.41) is 11.6. The maximum atomic E-state index is 12.6. The molecule has 4 heteroatoms. The molecule has 1 atom stereocenters. The normalized spacial score (nSPS) is 29.8. The second kappa shape index (κ2) is 4.49. The van der Waals surface area contributed by atoms with Crippen LogP contribution in [0.4, 0.5) is 0 Å². The van der Waals surface area contributed by atoms with Gasteiger partial charge in [-0.25, -0.2) is 0 Å². The Morgan fingerprint density at radius 2 is 1.78 bits per heavy atom. The summed E-state index contributed by atoms with van der Waals surface area (Å²) in [4.78, 5) is 14.5. The molecule has 0 radical (unpaired) electrons. The summed E-state index contributed by atoms with van der Waals surface area (Å²) in [6.45, 7) is 15.4. The minimum Gasteiger partial charge on any atom is -0.339 e. The molecule has 1 heterocycles. The van der Waals surface area contributed by atoms with Crippen molar-refractivity contribution in [3.05, 3.63) is 0 Å². The van der Waals surface area contributed by atoms with Gasteiger partial charge < -0.3 is 10.1 Å². The Bertz CT molecular complexity index is 333. The Kier molecular flexibility index (Phi) is 3.86.